The van der Waals surface area contributed by atoms with Gasteiger partial charge in [0.05, 0.1) is 5.60 Å². The topological polar surface area (TPSA) is 18.5 Å². The van der Waals surface area contributed by atoms with Crippen molar-refractivity contribution in [1.29, 1.82) is 0 Å². The van der Waals surface area contributed by atoms with Crippen molar-refractivity contribution in [3.05, 3.63) is 0 Å². The Labute approximate surface area is 69.4 Å². The van der Waals surface area contributed by atoms with Gasteiger partial charge in [0.1, 0.15) is 0 Å². The van der Waals surface area contributed by atoms with Gasteiger partial charge in [0.15, 0.2) is 0 Å². The Hall–Kier alpha value is -0.0151. The van der Waals surface area contributed by atoms with Crippen LogP contribution in [0.4, 0.5) is 0 Å². The van der Waals surface area contributed by atoms with Crippen LogP contribution in [0.1, 0.15) is 27.7 Å². The number of rotatable bonds is 0. The maximum atomic E-state index is 5.67. The van der Waals surface area contributed by atoms with Crippen LogP contribution >= 0.6 is 0 Å². The maximum Gasteiger partial charge on any atom is 0.453 e. The molecule has 11 heavy (non-hydrogen) atoms. The van der Waals surface area contributed by atoms with E-state index < -0.39 is 0 Å². The predicted molar refractivity (Wildman–Crippen MR) is 46.5 cm³/mol. The van der Waals surface area contributed by atoms with E-state index in [1.54, 1.807) is 0 Å². The monoisotopic (exact) mass is 156 g/mol. The molecule has 0 amide bonds. The van der Waals surface area contributed by atoms with E-state index in [9.17, 15) is 0 Å². The summed E-state index contributed by atoms with van der Waals surface area (Å²) in [5.74, 6) is 0. The summed E-state index contributed by atoms with van der Waals surface area (Å²) in [4.78, 5) is 0. The first kappa shape index (κ1) is 9.08. The average molecular weight is 156 g/mol. The molecule has 1 saturated heterocycles. The third-order valence-electron chi connectivity index (χ3n) is 2.77. The zero-order valence-electron chi connectivity index (χ0n) is 8.10. The Morgan fingerprint density at radius 2 is 1.73 bits per heavy atom. The molecule has 1 heterocycles. The second kappa shape index (κ2) is 2.49. The van der Waals surface area contributed by atoms with Gasteiger partial charge in [-0.05, 0) is 20.7 Å². The first-order chi connectivity index (χ1) is 4.85. The summed E-state index contributed by atoms with van der Waals surface area (Å²) >= 11 is 0. The Bertz CT molecular complexity index is 154. The summed E-state index contributed by atoms with van der Waals surface area (Å²) in [7, 11) is -0.0574. The number of hydrogen-bond donors (Lipinski definition) is 0. The van der Waals surface area contributed by atoms with E-state index in [1.807, 2.05) is 6.82 Å². The molecule has 1 aliphatic heterocycles. The van der Waals surface area contributed by atoms with Crippen molar-refractivity contribution in [2.45, 2.75) is 40.1 Å². The second-order valence-electron chi connectivity index (χ2n) is 4.39. The molecule has 1 rings (SSSR count). The predicted octanol–water partition coefficient (Wildman–Crippen LogP) is 1.96. The molecule has 0 radical (unpaired) electrons. The highest BCUT2D eigenvalue weighted by Gasteiger charge is 2.44. The molecule has 0 N–H and O–H groups in total. The zero-order valence-corrected chi connectivity index (χ0v) is 8.10. The third kappa shape index (κ3) is 1.59. The summed E-state index contributed by atoms with van der Waals surface area (Å²) in [6.45, 7) is 11.3. The normalized spacial score (nSPS) is 28.6. The lowest BCUT2D eigenvalue weighted by Crippen LogP contribution is -2.53. The second-order valence-corrected chi connectivity index (χ2v) is 4.39. The molecule has 0 aliphatic carbocycles. The van der Waals surface area contributed by atoms with Gasteiger partial charge in [-0.1, -0.05) is 13.8 Å². The highest BCUT2D eigenvalue weighted by molar-refractivity contribution is 6.42. The van der Waals surface area contributed by atoms with Gasteiger partial charge >= 0.3 is 7.12 Å². The van der Waals surface area contributed by atoms with Crippen LogP contribution in [0, 0.1) is 5.41 Å². The molecular weight excluding hydrogens is 139 g/mol. The molecule has 0 aromatic carbocycles. The summed E-state index contributed by atoms with van der Waals surface area (Å²) in [6.07, 6.45) is 0. The lowest BCUT2D eigenvalue weighted by molar-refractivity contribution is -0.0960. The molecule has 3 heteroatoms. The van der Waals surface area contributed by atoms with Gasteiger partial charge < -0.3 is 9.31 Å². The minimum Gasteiger partial charge on any atom is -0.411 e. The molecule has 0 unspecified atom stereocenters. The van der Waals surface area contributed by atoms with E-state index in [-0.39, 0.29) is 18.1 Å². The first-order valence-electron chi connectivity index (χ1n) is 4.15. The fourth-order valence-corrected chi connectivity index (χ4v) is 1.11. The molecule has 0 aromatic heterocycles. The van der Waals surface area contributed by atoms with Crippen molar-refractivity contribution in [2.24, 2.45) is 5.41 Å². The Morgan fingerprint density at radius 1 is 1.18 bits per heavy atom. The largest absolute Gasteiger partial charge is 0.453 e. The summed E-state index contributed by atoms with van der Waals surface area (Å²) < 4.78 is 11.1. The van der Waals surface area contributed by atoms with Gasteiger partial charge in [-0.25, -0.2) is 0 Å². The van der Waals surface area contributed by atoms with Crippen LogP contribution in [0.5, 0.6) is 0 Å². The van der Waals surface area contributed by atoms with E-state index in [0.717, 1.165) is 6.61 Å². The van der Waals surface area contributed by atoms with Gasteiger partial charge in [-0.2, -0.15) is 0 Å². The van der Waals surface area contributed by atoms with Crippen molar-refractivity contribution in [1.82, 2.24) is 0 Å². The molecule has 2 nitrogen and oxygen atoms in total. The molecule has 1 aliphatic rings. The molecule has 0 atom stereocenters. The van der Waals surface area contributed by atoms with E-state index in [4.69, 9.17) is 9.31 Å². The first-order valence-corrected chi connectivity index (χ1v) is 4.15. The van der Waals surface area contributed by atoms with Crippen LogP contribution in [-0.2, 0) is 9.31 Å². The SMILES string of the molecule is CB1OCC(C)(C)C(C)(C)O1. The lowest BCUT2D eigenvalue weighted by Gasteiger charge is -2.47. The van der Waals surface area contributed by atoms with Crippen LogP contribution in [-0.4, -0.2) is 19.3 Å². The summed E-state index contributed by atoms with van der Waals surface area (Å²) in [5, 5.41) is 0. The molecule has 0 aromatic rings. The minimum atomic E-state index is -0.0787. The van der Waals surface area contributed by atoms with Crippen molar-refractivity contribution in [3.8, 4) is 0 Å². The van der Waals surface area contributed by atoms with Gasteiger partial charge in [0.2, 0.25) is 0 Å². The van der Waals surface area contributed by atoms with Crippen LogP contribution in [0.2, 0.25) is 6.82 Å². The molecule has 64 valence electrons. The van der Waals surface area contributed by atoms with Crippen LogP contribution in [0.3, 0.4) is 0 Å². The van der Waals surface area contributed by atoms with Crippen molar-refractivity contribution >= 4 is 7.12 Å². The molecule has 1 fully saturated rings. The van der Waals surface area contributed by atoms with Crippen LogP contribution < -0.4 is 0 Å². The van der Waals surface area contributed by atoms with Crippen molar-refractivity contribution in [3.63, 3.8) is 0 Å². The average Bonchev–Trinajstić information content (AvgIpc) is 1.80. The summed E-state index contributed by atoms with van der Waals surface area (Å²) in [5.41, 5.74) is 0.0319. The molecule has 0 bridgehead atoms. The smallest absolute Gasteiger partial charge is 0.411 e. The fourth-order valence-electron chi connectivity index (χ4n) is 1.11. The standard InChI is InChI=1S/C8H17BO2/c1-7(2)6-10-9(5)11-8(7,3)4/h6H2,1-5H3. The van der Waals surface area contributed by atoms with Gasteiger partial charge in [-0.3, -0.25) is 0 Å². The van der Waals surface area contributed by atoms with Gasteiger partial charge in [0, 0.05) is 12.0 Å². The highest BCUT2D eigenvalue weighted by Crippen LogP contribution is 2.37. The maximum absolute atomic E-state index is 5.67. The van der Waals surface area contributed by atoms with E-state index >= 15 is 0 Å². The summed E-state index contributed by atoms with van der Waals surface area (Å²) in [6, 6.07) is 0. The zero-order chi connectivity index (χ0) is 8.70. The Balaban J connectivity index is 2.72. The highest BCUT2D eigenvalue weighted by atomic mass is 16.6. The number of hydrogen-bond acceptors (Lipinski definition) is 2. The fraction of sp³-hybridized carbons (Fsp3) is 1.00. The van der Waals surface area contributed by atoms with Crippen LogP contribution in [0.15, 0.2) is 0 Å². The molecular formula is C8H17BO2. The van der Waals surface area contributed by atoms with Crippen LogP contribution in [0.25, 0.3) is 0 Å². The van der Waals surface area contributed by atoms with Gasteiger partial charge in [-0.15, -0.1) is 0 Å². The third-order valence-corrected chi connectivity index (χ3v) is 2.77. The lowest BCUT2D eigenvalue weighted by atomic mass is 9.73. The van der Waals surface area contributed by atoms with Crippen molar-refractivity contribution in [2.75, 3.05) is 6.61 Å². The van der Waals surface area contributed by atoms with Gasteiger partial charge in [0.25, 0.3) is 0 Å². The van der Waals surface area contributed by atoms with Crippen molar-refractivity contribution < 1.29 is 9.31 Å². The Kier molecular flexibility index (Phi) is 2.06. The molecule has 0 spiro atoms. The van der Waals surface area contributed by atoms with E-state index in [2.05, 4.69) is 27.7 Å². The quantitative estimate of drug-likeness (QED) is 0.499. The van der Waals surface area contributed by atoms with E-state index in [1.165, 1.54) is 0 Å². The van der Waals surface area contributed by atoms with E-state index in [0.29, 0.717) is 0 Å². The Morgan fingerprint density at radius 3 is 2.09 bits per heavy atom. The minimum absolute atomic E-state index is 0.0574. The molecule has 0 saturated carbocycles.